The van der Waals surface area contributed by atoms with Crippen molar-refractivity contribution in [3.63, 3.8) is 0 Å². The number of methoxy groups -OCH3 is 2. The predicted octanol–water partition coefficient (Wildman–Crippen LogP) is 4.34. The topological polar surface area (TPSA) is 158 Å². The lowest BCUT2D eigenvalue weighted by molar-refractivity contribution is -0.136. The largest absolute Gasteiger partial charge is 0.481 e. The molecular formula is C29H30FN3O8. The van der Waals surface area contributed by atoms with Crippen LogP contribution in [0.2, 0.25) is 0 Å². The normalized spacial score (nSPS) is 11.6. The minimum Gasteiger partial charge on any atom is -0.481 e. The van der Waals surface area contributed by atoms with Gasteiger partial charge in [0, 0.05) is 47.4 Å². The maximum atomic E-state index is 14.6. The summed E-state index contributed by atoms with van der Waals surface area (Å²) in [5.41, 5.74) is 9.23. The van der Waals surface area contributed by atoms with E-state index in [0.29, 0.717) is 51.6 Å². The number of rotatable bonds is 14. The third kappa shape index (κ3) is 7.11. The summed E-state index contributed by atoms with van der Waals surface area (Å²) in [7, 11) is 3.01. The van der Waals surface area contributed by atoms with Crippen molar-refractivity contribution < 1.29 is 43.2 Å². The van der Waals surface area contributed by atoms with Gasteiger partial charge in [-0.15, -0.1) is 0 Å². The number of hydrogen-bond acceptors (Lipinski definition) is 8. The Labute approximate surface area is 234 Å². The van der Waals surface area contributed by atoms with Gasteiger partial charge < -0.3 is 44.7 Å². The molecule has 1 heterocycles. The zero-order chi connectivity index (χ0) is 29.4. The second-order valence-corrected chi connectivity index (χ2v) is 8.92. The number of nitrogens with one attached hydrogen (secondary N) is 1. The van der Waals surface area contributed by atoms with E-state index in [2.05, 4.69) is 10.1 Å². The SMILES string of the molecule is COCCOCOc1c(-c2cc3cc(C(N)=NO)ccc3[nH]2)cc(CC(=O)O)cc1-c1cc(F)ccc1OCOC. The van der Waals surface area contributed by atoms with E-state index < -0.39 is 11.8 Å². The van der Waals surface area contributed by atoms with Crippen LogP contribution in [-0.2, 0) is 25.4 Å². The highest BCUT2D eigenvalue weighted by molar-refractivity contribution is 6.01. The van der Waals surface area contributed by atoms with E-state index in [-0.39, 0.29) is 32.4 Å². The van der Waals surface area contributed by atoms with E-state index in [9.17, 15) is 14.3 Å². The lowest BCUT2D eigenvalue weighted by Crippen LogP contribution is -2.12. The fraction of sp³-hybridized carbons (Fsp3) is 0.241. The quantitative estimate of drug-likeness (QED) is 0.0434. The van der Waals surface area contributed by atoms with E-state index in [1.54, 1.807) is 37.4 Å². The second kappa shape index (κ2) is 13.6. The van der Waals surface area contributed by atoms with Gasteiger partial charge in [0.2, 0.25) is 0 Å². The first-order chi connectivity index (χ1) is 19.8. The van der Waals surface area contributed by atoms with Crippen molar-refractivity contribution in [2.45, 2.75) is 6.42 Å². The van der Waals surface area contributed by atoms with Gasteiger partial charge in [-0.2, -0.15) is 0 Å². The maximum absolute atomic E-state index is 14.6. The highest BCUT2D eigenvalue weighted by Crippen LogP contribution is 2.44. The number of hydrogen-bond donors (Lipinski definition) is 4. The fourth-order valence-electron chi connectivity index (χ4n) is 4.28. The van der Waals surface area contributed by atoms with Crippen LogP contribution in [0.15, 0.2) is 59.8 Å². The van der Waals surface area contributed by atoms with Gasteiger partial charge in [-0.25, -0.2) is 4.39 Å². The Kier molecular flexibility index (Phi) is 9.74. The van der Waals surface area contributed by atoms with E-state index in [4.69, 9.17) is 34.6 Å². The molecule has 5 N–H and O–H groups in total. The summed E-state index contributed by atoms with van der Waals surface area (Å²) in [5, 5.41) is 22.5. The number of carbonyl (C=O) groups is 1. The molecule has 3 aromatic carbocycles. The molecule has 4 rings (SSSR count). The fourth-order valence-corrected chi connectivity index (χ4v) is 4.28. The summed E-state index contributed by atoms with van der Waals surface area (Å²) in [5.74, 6) is -1.02. The number of fused-ring (bicyclic) bond motifs is 1. The van der Waals surface area contributed by atoms with Gasteiger partial charge in [-0.1, -0.05) is 5.16 Å². The van der Waals surface area contributed by atoms with Gasteiger partial charge in [0.1, 0.15) is 17.3 Å². The Morgan fingerprint density at radius 3 is 2.49 bits per heavy atom. The van der Waals surface area contributed by atoms with Crippen LogP contribution >= 0.6 is 0 Å². The van der Waals surface area contributed by atoms with E-state index >= 15 is 0 Å². The summed E-state index contributed by atoms with van der Waals surface area (Å²) in [6.07, 6.45) is -0.304. The number of carboxylic acid groups (broad SMARTS) is 1. The number of amidine groups is 1. The maximum Gasteiger partial charge on any atom is 0.307 e. The molecule has 0 aliphatic rings. The van der Waals surface area contributed by atoms with Crippen LogP contribution in [0.5, 0.6) is 11.5 Å². The zero-order valence-electron chi connectivity index (χ0n) is 22.5. The molecule has 0 bridgehead atoms. The molecule has 0 amide bonds. The number of H-pyrrole nitrogens is 1. The lowest BCUT2D eigenvalue weighted by Gasteiger charge is -2.19. The second-order valence-electron chi connectivity index (χ2n) is 8.92. The average Bonchev–Trinajstić information content (AvgIpc) is 3.39. The Morgan fingerprint density at radius 1 is 0.951 bits per heavy atom. The molecule has 1 aromatic heterocycles. The summed E-state index contributed by atoms with van der Waals surface area (Å²) in [6, 6.07) is 14.3. The van der Waals surface area contributed by atoms with Crippen molar-refractivity contribution in [1.29, 1.82) is 0 Å². The summed E-state index contributed by atoms with van der Waals surface area (Å²) in [4.78, 5) is 15.0. The van der Waals surface area contributed by atoms with E-state index in [1.165, 1.54) is 25.3 Å². The van der Waals surface area contributed by atoms with Gasteiger partial charge in [0.15, 0.2) is 19.4 Å². The van der Waals surface area contributed by atoms with Gasteiger partial charge >= 0.3 is 5.97 Å². The minimum atomic E-state index is -1.05. The molecule has 0 fully saturated rings. The molecule has 12 heteroatoms. The lowest BCUT2D eigenvalue weighted by atomic mass is 9.94. The molecule has 0 radical (unpaired) electrons. The van der Waals surface area contributed by atoms with Gasteiger partial charge in [-0.3, -0.25) is 4.79 Å². The molecule has 4 aromatic rings. The summed E-state index contributed by atoms with van der Waals surface area (Å²) >= 11 is 0. The zero-order valence-corrected chi connectivity index (χ0v) is 22.5. The van der Waals surface area contributed by atoms with Crippen LogP contribution < -0.4 is 15.2 Å². The van der Waals surface area contributed by atoms with E-state index in [0.717, 1.165) is 10.9 Å². The number of carboxylic acids is 1. The molecule has 41 heavy (non-hydrogen) atoms. The van der Waals surface area contributed by atoms with Crippen molar-refractivity contribution >= 4 is 22.7 Å². The molecule has 0 spiro atoms. The Hall–Kier alpha value is -4.65. The smallest absolute Gasteiger partial charge is 0.307 e. The number of aliphatic carboxylic acids is 1. The Morgan fingerprint density at radius 2 is 1.76 bits per heavy atom. The van der Waals surface area contributed by atoms with Crippen LogP contribution in [0.3, 0.4) is 0 Å². The van der Waals surface area contributed by atoms with Gasteiger partial charge in [-0.05, 0) is 60.2 Å². The summed E-state index contributed by atoms with van der Waals surface area (Å²) < 4.78 is 42.0. The van der Waals surface area contributed by atoms with Gasteiger partial charge in [0.25, 0.3) is 0 Å². The average molecular weight is 568 g/mol. The van der Waals surface area contributed by atoms with Crippen molar-refractivity contribution in [2.24, 2.45) is 10.9 Å². The van der Waals surface area contributed by atoms with Crippen molar-refractivity contribution in [2.75, 3.05) is 41.0 Å². The number of ether oxygens (including phenoxy) is 5. The number of halogens is 1. The van der Waals surface area contributed by atoms with Crippen LogP contribution in [0, 0.1) is 5.82 Å². The molecule has 0 atom stereocenters. The minimum absolute atomic E-state index is 0.0488. The molecule has 0 aliphatic carbocycles. The standard InChI is InChI=1S/C29H30FN3O8/c1-37-7-8-39-16-41-28-22(21-14-20(30)4-6-26(21)40-15-38-2)9-17(11-27(34)35)10-23(28)25-13-19-12-18(29(31)33-36)3-5-24(19)32-25/h3-6,9-10,12-14,32,36H,7-8,11,15-16H2,1-2H3,(H2,31,33)(H,34,35). The Bertz CT molecular complexity index is 1550. The third-order valence-electron chi connectivity index (χ3n) is 6.10. The first kappa shape index (κ1) is 29.3. The monoisotopic (exact) mass is 567 g/mol. The first-order valence-corrected chi connectivity index (χ1v) is 12.5. The number of nitrogens with zero attached hydrogens (tertiary/aromatic N) is 1. The van der Waals surface area contributed by atoms with Crippen LogP contribution in [0.1, 0.15) is 11.1 Å². The summed E-state index contributed by atoms with van der Waals surface area (Å²) in [6.45, 7) is 0.355. The molecule has 0 unspecified atom stereocenters. The molecular weight excluding hydrogens is 537 g/mol. The van der Waals surface area contributed by atoms with Crippen molar-refractivity contribution in [3.05, 3.63) is 71.5 Å². The van der Waals surface area contributed by atoms with Crippen LogP contribution in [0.4, 0.5) is 4.39 Å². The van der Waals surface area contributed by atoms with Crippen molar-refractivity contribution in [1.82, 2.24) is 4.98 Å². The molecule has 0 saturated heterocycles. The molecule has 0 saturated carbocycles. The highest BCUT2D eigenvalue weighted by Gasteiger charge is 2.22. The first-order valence-electron chi connectivity index (χ1n) is 12.5. The molecule has 0 aliphatic heterocycles. The highest BCUT2D eigenvalue weighted by atomic mass is 19.1. The number of oxime groups is 1. The number of aromatic nitrogens is 1. The number of benzene rings is 3. The van der Waals surface area contributed by atoms with Gasteiger partial charge in [0.05, 0.1) is 25.3 Å². The number of nitrogens with two attached hydrogens (primary N) is 1. The number of aromatic amines is 1. The third-order valence-corrected chi connectivity index (χ3v) is 6.10. The van der Waals surface area contributed by atoms with Crippen LogP contribution in [-0.4, -0.2) is 68.1 Å². The predicted molar refractivity (Wildman–Crippen MR) is 149 cm³/mol. The van der Waals surface area contributed by atoms with E-state index in [1.807, 2.05) is 6.07 Å². The van der Waals surface area contributed by atoms with Crippen LogP contribution in [0.25, 0.3) is 33.3 Å². The molecule has 216 valence electrons. The molecule has 11 nitrogen and oxygen atoms in total. The Balaban J connectivity index is 1.94. The van der Waals surface area contributed by atoms with Crippen molar-refractivity contribution in [3.8, 4) is 33.9 Å².